The van der Waals surface area contributed by atoms with E-state index in [4.69, 9.17) is 4.74 Å². The van der Waals surface area contributed by atoms with Crippen molar-refractivity contribution in [2.24, 2.45) is 0 Å². The van der Waals surface area contributed by atoms with Crippen LogP contribution < -0.4 is 14.8 Å². The van der Waals surface area contributed by atoms with E-state index in [9.17, 15) is 13.5 Å². The molecule has 5 rings (SSSR count). The van der Waals surface area contributed by atoms with Crippen LogP contribution in [0, 0.1) is 0 Å². The van der Waals surface area contributed by atoms with Crippen molar-refractivity contribution < 1.29 is 18.3 Å². The van der Waals surface area contributed by atoms with E-state index >= 15 is 0 Å². The molecule has 4 N–H and O–H groups in total. The number of ether oxygens (including phenoxy) is 1. The minimum atomic E-state index is -3.32. The van der Waals surface area contributed by atoms with Crippen LogP contribution in [0.5, 0.6) is 5.75 Å². The second kappa shape index (κ2) is 9.32. The van der Waals surface area contributed by atoms with Crippen LogP contribution >= 0.6 is 0 Å². The zero-order valence-electron chi connectivity index (χ0n) is 18.5. The number of aliphatic hydroxyl groups is 1. The van der Waals surface area contributed by atoms with Crippen molar-refractivity contribution in [2.45, 2.75) is 49.4 Å². The van der Waals surface area contributed by atoms with Gasteiger partial charge in [0.1, 0.15) is 12.4 Å². The molecule has 0 radical (unpaired) electrons. The zero-order chi connectivity index (χ0) is 22.8. The number of aliphatic hydroxyl groups excluding tert-OH is 1. The number of hydrogen-bond donors (Lipinski definition) is 4. The molecule has 0 spiro atoms. The largest absolute Gasteiger partial charge is 0.492 e. The molecule has 176 valence electrons. The fourth-order valence-corrected chi connectivity index (χ4v) is 5.51. The Morgan fingerprint density at radius 3 is 2.76 bits per heavy atom. The van der Waals surface area contributed by atoms with E-state index in [1.54, 1.807) is 24.3 Å². The summed E-state index contributed by atoms with van der Waals surface area (Å²) in [5.41, 5.74) is 3.31. The summed E-state index contributed by atoms with van der Waals surface area (Å²) in [5.74, 6) is 1.37. The summed E-state index contributed by atoms with van der Waals surface area (Å²) >= 11 is 0. The molecule has 0 aliphatic heterocycles. The van der Waals surface area contributed by atoms with Gasteiger partial charge >= 0.3 is 0 Å². The number of benzene rings is 2. The number of H-pyrrole nitrogens is 1. The molecule has 1 heterocycles. The number of hydrogen-bond acceptors (Lipinski definition) is 6. The van der Waals surface area contributed by atoms with E-state index in [-0.39, 0.29) is 5.25 Å². The Kier molecular flexibility index (Phi) is 6.27. The summed E-state index contributed by atoms with van der Waals surface area (Å²) in [5, 5.41) is 22.2. The lowest BCUT2D eigenvalue weighted by Gasteiger charge is -2.23. The number of rotatable bonds is 11. The summed E-state index contributed by atoms with van der Waals surface area (Å²) in [4.78, 5) is 0. The van der Waals surface area contributed by atoms with Crippen LogP contribution in [0.1, 0.15) is 55.4 Å². The fraction of sp³-hybridized carbons (Fsp3) is 0.458. The Labute approximate surface area is 193 Å². The highest BCUT2D eigenvalue weighted by atomic mass is 32.2. The summed E-state index contributed by atoms with van der Waals surface area (Å²) in [6.45, 7) is 1.37. The molecule has 0 saturated heterocycles. The predicted octanol–water partition coefficient (Wildman–Crippen LogP) is 3.44. The molecule has 2 saturated carbocycles. The van der Waals surface area contributed by atoms with Crippen molar-refractivity contribution in [3.63, 3.8) is 0 Å². The van der Waals surface area contributed by atoms with Crippen LogP contribution in [0.3, 0.4) is 0 Å². The molecule has 33 heavy (non-hydrogen) atoms. The SMILES string of the molecule is O=S(=O)(Nc1cccc([C@@H](O)CNCCOc2ccc3c(C4CCC4)n[nH]c3c2)c1)C1CC1. The van der Waals surface area contributed by atoms with Crippen molar-refractivity contribution >= 4 is 26.6 Å². The molecule has 0 bridgehead atoms. The summed E-state index contributed by atoms with van der Waals surface area (Å²) in [6, 6.07) is 12.9. The van der Waals surface area contributed by atoms with Gasteiger partial charge in [0.2, 0.25) is 10.0 Å². The van der Waals surface area contributed by atoms with Gasteiger partial charge in [-0.25, -0.2) is 8.42 Å². The number of nitrogens with zero attached hydrogens (tertiary/aromatic N) is 1. The Morgan fingerprint density at radius 1 is 1.15 bits per heavy atom. The molecular weight excluding hydrogens is 440 g/mol. The normalized spacial score (nSPS) is 17.6. The third-order valence-corrected chi connectivity index (χ3v) is 8.30. The van der Waals surface area contributed by atoms with Gasteiger partial charge < -0.3 is 15.2 Å². The van der Waals surface area contributed by atoms with E-state index in [0.717, 1.165) is 11.3 Å². The lowest BCUT2D eigenvalue weighted by atomic mass is 9.82. The first kappa shape index (κ1) is 22.2. The van der Waals surface area contributed by atoms with Gasteiger partial charge in [0, 0.05) is 36.1 Å². The van der Waals surface area contributed by atoms with Gasteiger partial charge in [0.15, 0.2) is 0 Å². The number of anilines is 1. The summed E-state index contributed by atoms with van der Waals surface area (Å²) in [7, 11) is -3.32. The molecule has 1 atom stereocenters. The van der Waals surface area contributed by atoms with Gasteiger partial charge in [-0.2, -0.15) is 5.10 Å². The molecule has 1 aromatic heterocycles. The second-order valence-corrected chi connectivity index (χ2v) is 10.9. The number of sulfonamides is 1. The van der Waals surface area contributed by atoms with E-state index in [2.05, 4.69) is 26.3 Å². The lowest BCUT2D eigenvalue weighted by molar-refractivity contribution is 0.172. The molecule has 2 aliphatic carbocycles. The van der Waals surface area contributed by atoms with Crippen molar-refractivity contribution in [1.82, 2.24) is 15.5 Å². The van der Waals surface area contributed by atoms with Gasteiger partial charge in [-0.1, -0.05) is 18.6 Å². The monoisotopic (exact) mass is 470 g/mol. The Balaban J connectivity index is 1.08. The van der Waals surface area contributed by atoms with Crippen LogP contribution in [0.4, 0.5) is 5.69 Å². The molecule has 3 aromatic rings. The molecule has 2 aliphatic rings. The smallest absolute Gasteiger partial charge is 0.235 e. The minimum absolute atomic E-state index is 0.286. The van der Waals surface area contributed by atoms with E-state index < -0.39 is 16.1 Å². The van der Waals surface area contributed by atoms with Gasteiger partial charge in [0.05, 0.1) is 22.6 Å². The van der Waals surface area contributed by atoms with Crippen LogP contribution in [0.2, 0.25) is 0 Å². The van der Waals surface area contributed by atoms with E-state index in [1.165, 1.54) is 30.3 Å². The Hall–Kier alpha value is -2.62. The molecule has 2 aromatic carbocycles. The van der Waals surface area contributed by atoms with E-state index in [1.807, 2.05) is 12.1 Å². The van der Waals surface area contributed by atoms with Gasteiger partial charge in [-0.3, -0.25) is 9.82 Å². The quantitative estimate of drug-likeness (QED) is 0.319. The van der Waals surface area contributed by atoms with Gasteiger partial charge in [-0.05, 0) is 55.5 Å². The maximum atomic E-state index is 12.1. The lowest BCUT2D eigenvalue weighted by Crippen LogP contribution is -2.26. The molecular formula is C24H30N4O4S. The van der Waals surface area contributed by atoms with Crippen molar-refractivity contribution in [1.29, 1.82) is 0 Å². The highest BCUT2D eigenvalue weighted by Crippen LogP contribution is 2.38. The van der Waals surface area contributed by atoms with Crippen LogP contribution in [-0.2, 0) is 10.0 Å². The average molecular weight is 471 g/mol. The fourth-order valence-electron chi connectivity index (χ4n) is 4.14. The molecule has 9 heteroatoms. The van der Waals surface area contributed by atoms with Crippen LogP contribution in [-0.4, -0.2) is 48.7 Å². The summed E-state index contributed by atoms with van der Waals surface area (Å²) < 4.78 is 32.7. The standard InChI is InChI=1S/C24H30N4O4S/c29-23(17-5-2-6-18(13-17)28-33(30,31)20-8-9-20)15-25-11-12-32-19-7-10-21-22(14-19)26-27-24(21)16-3-1-4-16/h2,5-7,10,13-14,16,20,23,25,28-29H,1,3-4,8-9,11-12,15H2,(H,26,27)/t23-/m0/s1. The highest BCUT2D eigenvalue weighted by Gasteiger charge is 2.35. The number of aromatic nitrogens is 2. The third-order valence-electron chi connectivity index (χ3n) is 6.44. The van der Waals surface area contributed by atoms with Crippen molar-refractivity contribution in [3.8, 4) is 5.75 Å². The first-order valence-electron chi connectivity index (χ1n) is 11.6. The van der Waals surface area contributed by atoms with Crippen LogP contribution in [0.25, 0.3) is 10.9 Å². The number of fused-ring (bicyclic) bond motifs is 1. The predicted molar refractivity (Wildman–Crippen MR) is 128 cm³/mol. The third kappa shape index (κ3) is 5.15. The van der Waals surface area contributed by atoms with Crippen molar-refractivity contribution in [3.05, 3.63) is 53.7 Å². The minimum Gasteiger partial charge on any atom is -0.492 e. The van der Waals surface area contributed by atoms with Crippen molar-refractivity contribution in [2.75, 3.05) is 24.4 Å². The Morgan fingerprint density at radius 2 is 2.00 bits per heavy atom. The summed E-state index contributed by atoms with van der Waals surface area (Å²) in [6.07, 6.45) is 4.39. The van der Waals surface area contributed by atoms with Crippen LogP contribution in [0.15, 0.2) is 42.5 Å². The zero-order valence-corrected chi connectivity index (χ0v) is 19.3. The maximum absolute atomic E-state index is 12.1. The average Bonchev–Trinajstić information content (AvgIpc) is 3.55. The first-order valence-corrected chi connectivity index (χ1v) is 13.2. The van der Waals surface area contributed by atoms with Gasteiger partial charge in [0.25, 0.3) is 0 Å². The Bertz CT molecular complexity index is 1220. The van der Waals surface area contributed by atoms with Gasteiger partial charge in [-0.15, -0.1) is 0 Å². The molecule has 2 fully saturated rings. The molecule has 0 unspecified atom stereocenters. The molecule has 8 nitrogen and oxygen atoms in total. The first-order chi connectivity index (χ1) is 16.0. The second-order valence-electron chi connectivity index (χ2n) is 8.98. The topological polar surface area (TPSA) is 116 Å². The van der Waals surface area contributed by atoms with E-state index in [0.29, 0.717) is 49.7 Å². The number of aromatic amines is 1. The molecule has 0 amide bonds. The highest BCUT2D eigenvalue weighted by molar-refractivity contribution is 7.93. The number of nitrogens with one attached hydrogen (secondary N) is 3. The maximum Gasteiger partial charge on any atom is 0.235 e.